The van der Waals surface area contributed by atoms with Crippen molar-refractivity contribution in [3.05, 3.63) is 24.3 Å². The van der Waals surface area contributed by atoms with E-state index in [1.54, 1.807) is 7.11 Å². The van der Waals surface area contributed by atoms with E-state index in [0.717, 1.165) is 18.0 Å². The average molecular weight is 334 g/mol. The van der Waals surface area contributed by atoms with Crippen molar-refractivity contribution < 1.29 is 9.53 Å². The lowest BCUT2D eigenvalue weighted by molar-refractivity contribution is -0.125. The molecule has 0 aliphatic heterocycles. The molecule has 1 saturated carbocycles. The van der Waals surface area contributed by atoms with Gasteiger partial charge in [0.25, 0.3) is 0 Å². The van der Waals surface area contributed by atoms with Crippen molar-refractivity contribution in [2.45, 2.75) is 40.0 Å². The van der Waals surface area contributed by atoms with E-state index in [4.69, 9.17) is 17.0 Å². The monoisotopic (exact) mass is 334 g/mol. The van der Waals surface area contributed by atoms with E-state index in [2.05, 4.69) is 31.4 Å². The van der Waals surface area contributed by atoms with Crippen molar-refractivity contribution in [1.82, 2.24) is 5.32 Å². The fraction of sp³-hybridized carbons (Fsp3) is 0.556. The van der Waals surface area contributed by atoms with Gasteiger partial charge in [0, 0.05) is 6.42 Å². The van der Waals surface area contributed by atoms with E-state index in [-0.39, 0.29) is 11.3 Å². The van der Waals surface area contributed by atoms with Gasteiger partial charge in [-0.3, -0.25) is 4.79 Å². The van der Waals surface area contributed by atoms with Crippen LogP contribution in [0.2, 0.25) is 0 Å². The Hall–Kier alpha value is -1.62. The quantitative estimate of drug-likeness (QED) is 0.800. The maximum absolute atomic E-state index is 12.2. The van der Waals surface area contributed by atoms with E-state index in [9.17, 15) is 4.79 Å². The second-order valence-electron chi connectivity index (χ2n) is 6.77. The van der Waals surface area contributed by atoms with Crippen LogP contribution in [0.5, 0.6) is 5.75 Å². The number of methoxy groups -OCH3 is 1. The first kappa shape index (κ1) is 17.7. The predicted molar refractivity (Wildman–Crippen MR) is 97.6 cm³/mol. The second kappa shape index (κ2) is 7.30. The molecule has 0 radical (unpaired) electrons. The van der Waals surface area contributed by atoms with Gasteiger partial charge in [0.15, 0.2) is 5.11 Å². The Balaban J connectivity index is 1.85. The van der Waals surface area contributed by atoms with Crippen LogP contribution in [0.25, 0.3) is 0 Å². The summed E-state index contributed by atoms with van der Waals surface area (Å²) in [4.78, 5) is 12.2. The lowest BCUT2D eigenvalue weighted by Gasteiger charge is -2.52. The number of carbonyl (C=O) groups is 1. The van der Waals surface area contributed by atoms with Crippen LogP contribution in [0.3, 0.4) is 0 Å². The highest BCUT2D eigenvalue weighted by Crippen LogP contribution is 2.54. The van der Waals surface area contributed by atoms with Gasteiger partial charge in [-0.1, -0.05) is 39.3 Å². The Bertz CT molecular complexity index is 586. The van der Waals surface area contributed by atoms with Crippen LogP contribution >= 0.6 is 12.2 Å². The van der Waals surface area contributed by atoms with E-state index < -0.39 is 0 Å². The zero-order valence-corrected chi connectivity index (χ0v) is 15.1. The number of hydrogen-bond donors (Lipinski definition) is 2. The first-order valence-electron chi connectivity index (χ1n) is 8.12. The summed E-state index contributed by atoms with van der Waals surface area (Å²) in [6.45, 7) is 6.73. The fourth-order valence-electron chi connectivity index (χ4n) is 3.47. The van der Waals surface area contributed by atoms with Crippen LogP contribution in [0.4, 0.5) is 5.69 Å². The topological polar surface area (TPSA) is 50.4 Å². The van der Waals surface area contributed by atoms with Gasteiger partial charge in [-0.25, -0.2) is 0 Å². The number of rotatable bonds is 5. The molecular weight excluding hydrogens is 308 g/mol. The molecule has 0 saturated heterocycles. The molecule has 1 amide bonds. The van der Waals surface area contributed by atoms with Crippen LogP contribution in [-0.4, -0.2) is 18.1 Å². The van der Waals surface area contributed by atoms with E-state index in [0.29, 0.717) is 23.2 Å². The zero-order chi connectivity index (χ0) is 17.0. The number of carbonyl (C=O) groups excluding carboxylic acids is 1. The Morgan fingerprint density at radius 2 is 2.04 bits per heavy atom. The molecule has 0 aromatic heterocycles. The number of benzene rings is 1. The molecule has 2 rings (SSSR count). The van der Waals surface area contributed by atoms with Crippen LogP contribution in [0.1, 0.15) is 40.0 Å². The summed E-state index contributed by atoms with van der Waals surface area (Å²) in [6, 6.07) is 7.47. The van der Waals surface area contributed by atoms with Gasteiger partial charge in [0.2, 0.25) is 5.91 Å². The molecule has 2 atom stereocenters. The van der Waals surface area contributed by atoms with Crippen LogP contribution < -0.4 is 15.4 Å². The molecular formula is C18H26N2O2S. The third-order valence-electron chi connectivity index (χ3n) is 5.21. The molecule has 1 aromatic rings. The molecule has 23 heavy (non-hydrogen) atoms. The molecule has 0 spiro atoms. The van der Waals surface area contributed by atoms with Gasteiger partial charge in [-0.15, -0.1) is 0 Å². The number of hydrogen-bond acceptors (Lipinski definition) is 3. The third kappa shape index (κ3) is 4.02. The van der Waals surface area contributed by atoms with Gasteiger partial charge in [0.05, 0.1) is 12.8 Å². The molecule has 1 aliphatic rings. The minimum absolute atomic E-state index is 0.0231. The largest absolute Gasteiger partial charge is 0.495 e. The molecule has 2 N–H and O–H groups in total. The number of para-hydroxylation sites is 2. The highest BCUT2D eigenvalue weighted by molar-refractivity contribution is 7.80. The minimum atomic E-state index is -0.0231. The summed E-state index contributed by atoms with van der Waals surface area (Å²) in [6.07, 6.45) is 2.83. The summed E-state index contributed by atoms with van der Waals surface area (Å²) in [5.74, 6) is 1.82. The minimum Gasteiger partial charge on any atom is -0.495 e. The molecule has 5 heteroatoms. The Morgan fingerprint density at radius 3 is 2.65 bits per heavy atom. The lowest BCUT2D eigenvalue weighted by Crippen LogP contribution is -2.47. The summed E-state index contributed by atoms with van der Waals surface area (Å²) in [5.41, 5.74) is 0.986. The number of nitrogens with one attached hydrogen (secondary N) is 2. The SMILES string of the molecule is CC[C@@H]1C[C@@H](CC(=O)NC(=S)Nc2ccccc2OC)C1(C)C. The number of amides is 1. The second-order valence-corrected chi connectivity index (χ2v) is 7.17. The smallest absolute Gasteiger partial charge is 0.226 e. The zero-order valence-electron chi connectivity index (χ0n) is 14.3. The van der Waals surface area contributed by atoms with Crippen LogP contribution in [-0.2, 0) is 4.79 Å². The van der Waals surface area contributed by atoms with Crippen molar-refractivity contribution >= 4 is 28.9 Å². The Kier molecular flexibility index (Phi) is 5.63. The summed E-state index contributed by atoms with van der Waals surface area (Å²) in [7, 11) is 1.60. The normalized spacial score (nSPS) is 21.9. The number of ether oxygens (including phenoxy) is 1. The first-order chi connectivity index (χ1) is 10.9. The number of anilines is 1. The first-order valence-corrected chi connectivity index (χ1v) is 8.53. The van der Waals surface area contributed by atoms with Crippen LogP contribution in [0, 0.1) is 17.3 Å². The summed E-state index contributed by atoms with van der Waals surface area (Å²) < 4.78 is 5.26. The van der Waals surface area contributed by atoms with E-state index in [1.807, 2.05) is 24.3 Å². The van der Waals surface area contributed by atoms with E-state index >= 15 is 0 Å². The molecule has 0 unspecified atom stereocenters. The molecule has 4 nitrogen and oxygen atoms in total. The molecule has 1 fully saturated rings. The lowest BCUT2D eigenvalue weighted by atomic mass is 9.53. The molecule has 0 bridgehead atoms. The Labute approximate surface area is 144 Å². The highest BCUT2D eigenvalue weighted by Gasteiger charge is 2.47. The van der Waals surface area contributed by atoms with Crippen molar-refractivity contribution in [1.29, 1.82) is 0 Å². The van der Waals surface area contributed by atoms with Gasteiger partial charge >= 0.3 is 0 Å². The molecule has 1 aliphatic carbocycles. The van der Waals surface area contributed by atoms with Crippen molar-refractivity contribution in [3.63, 3.8) is 0 Å². The van der Waals surface area contributed by atoms with Crippen molar-refractivity contribution in [3.8, 4) is 5.75 Å². The van der Waals surface area contributed by atoms with Gasteiger partial charge < -0.3 is 15.4 Å². The molecule has 0 heterocycles. The predicted octanol–water partition coefficient (Wildman–Crippen LogP) is 3.97. The number of thiocarbonyl (C=S) groups is 1. The molecule has 1 aromatic carbocycles. The van der Waals surface area contributed by atoms with Gasteiger partial charge in [-0.2, -0.15) is 0 Å². The fourth-order valence-corrected chi connectivity index (χ4v) is 3.69. The standard InChI is InChI=1S/C18H26N2O2S/c1-5-12-10-13(18(12,2)3)11-16(21)20-17(23)19-14-8-6-7-9-15(14)22-4/h6-9,12-13H,5,10-11H2,1-4H3,(H2,19,20,21,23)/t12-,13+/m1/s1. The maximum atomic E-state index is 12.2. The van der Waals surface area contributed by atoms with Gasteiger partial charge in [-0.05, 0) is 48.0 Å². The molecule has 126 valence electrons. The average Bonchev–Trinajstić information content (AvgIpc) is 2.51. The van der Waals surface area contributed by atoms with Crippen molar-refractivity contribution in [2.75, 3.05) is 12.4 Å². The third-order valence-corrected chi connectivity index (χ3v) is 5.41. The van der Waals surface area contributed by atoms with Crippen LogP contribution in [0.15, 0.2) is 24.3 Å². The van der Waals surface area contributed by atoms with Crippen molar-refractivity contribution in [2.24, 2.45) is 17.3 Å². The van der Waals surface area contributed by atoms with Gasteiger partial charge in [0.1, 0.15) is 5.75 Å². The Morgan fingerprint density at radius 1 is 1.35 bits per heavy atom. The highest BCUT2D eigenvalue weighted by atomic mass is 32.1. The summed E-state index contributed by atoms with van der Waals surface area (Å²) in [5, 5.41) is 6.10. The maximum Gasteiger partial charge on any atom is 0.226 e. The summed E-state index contributed by atoms with van der Waals surface area (Å²) >= 11 is 5.23. The van der Waals surface area contributed by atoms with E-state index in [1.165, 1.54) is 6.42 Å².